The second-order valence-corrected chi connectivity index (χ2v) is 7.45. The summed E-state index contributed by atoms with van der Waals surface area (Å²) in [5.74, 6) is -0.960. The molecule has 0 aromatic carbocycles. The van der Waals surface area contributed by atoms with Crippen molar-refractivity contribution in [3.63, 3.8) is 0 Å². The average Bonchev–Trinajstić information content (AvgIpc) is 2.69. The van der Waals surface area contributed by atoms with Crippen LogP contribution in [0.4, 0.5) is 0 Å². The van der Waals surface area contributed by atoms with Crippen LogP contribution in [0.1, 0.15) is 31.2 Å². The molecule has 20 heavy (non-hydrogen) atoms. The highest BCUT2D eigenvalue weighted by Crippen LogP contribution is 2.33. The predicted octanol–water partition coefficient (Wildman–Crippen LogP) is 0.902. The van der Waals surface area contributed by atoms with E-state index in [-0.39, 0.29) is 11.4 Å². The van der Waals surface area contributed by atoms with Gasteiger partial charge >= 0.3 is 5.97 Å². The van der Waals surface area contributed by atoms with E-state index in [0.717, 1.165) is 0 Å². The molecule has 1 fully saturated rings. The first-order chi connectivity index (χ1) is 9.18. The zero-order chi connectivity index (χ0) is 15.1. The first-order valence-electron chi connectivity index (χ1n) is 6.43. The molecule has 2 rings (SSSR count). The molecular weight excluding hydrogens is 282 g/mol. The minimum Gasteiger partial charge on any atom is -0.481 e. The van der Waals surface area contributed by atoms with E-state index in [4.69, 9.17) is 0 Å². The number of piperidine rings is 1. The number of carboxylic acid groups (broad SMARTS) is 1. The topological polar surface area (TPSA) is 103 Å². The van der Waals surface area contributed by atoms with Crippen LogP contribution in [0.15, 0.2) is 4.90 Å². The quantitative estimate of drug-likeness (QED) is 0.863. The van der Waals surface area contributed by atoms with Crippen LogP contribution < -0.4 is 0 Å². The Balaban J connectivity index is 2.38. The molecule has 8 heteroatoms. The Morgan fingerprint density at radius 3 is 2.60 bits per heavy atom. The number of aromatic nitrogens is 2. The maximum Gasteiger partial charge on any atom is 0.310 e. The van der Waals surface area contributed by atoms with Crippen molar-refractivity contribution in [3.8, 4) is 0 Å². The third kappa shape index (κ3) is 2.33. The van der Waals surface area contributed by atoms with E-state index in [2.05, 4.69) is 10.2 Å². The number of H-pyrrole nitrogens is 1. The molecule has 1 atom stereocenters. The smallest absolute Gasteiger partial charge is 0.310 e. The normalized spacial score (nSPS) is 24.8. The number of rotatable bonds is 3. The molecule has 0 amide bonds. The lowest BCUT2D eigenvalue weighted by molar-refractivity contribution is -0.150. The van der Waals surface area contributed by atoms with Crippen molar-refractivity contribution in [2.45, 2.75) is 38.5 Å². The molecule has 1 aliphatic heterocycles. The van der Waals surface area contributed by atoms with Gasteiger partial charge in [0.15, 0.2) is 0 Å². The van der Waals surface area contributed by atoms with Gasteiger partial charge in [-0.05, 0) is 33.6 Å². The Bertz CT molecular complexity index is 618. The summed E-state index contributed by atoms with van der Waals surface area (Å²) < 4.78 is 26.6. The van der Waals surface area contributed by atoms with Gasteiger partial charge in [-0.15, -0.1) is 0 Å². The summed E-state index contributed by atoms with van der Waals surface area (Å²) in [5.41, 5.74) is -0.146. The number of hydrogen-bond donors (Lipinski definition) is 2. The van der Waals surface area contributed by atoms with E-state index in [0.29, 0.717) is 30.8 Å². The van der Waals surface area contributed by atoms with Crippen molar-refractivity contribution in [2.75, 3.05) is 13.1 Å². The maximum absolute atomic E-state index is 12.7. The average molecular weight is 301 g/mol. The lowest BCUT2D eigenvalue weighted by atomic mass is 9.83. The lowest BCUT2D eigenvalue weighted by Gasteiger charge is -2.36. The number of aromatic amines is 1. The summed E-state index contributed by atoms with van der Waals surface area (Å²) >= 11 is 0. The van der Waals surface area contributed by atoms with Crippen LogP contribution in [-0.2, 0) is 14.8 Å². The van der Waals surface area contributed by atoms with Crippen LogP contribution in [0.5, 0.6) is 0 Å². The van der Waals surface area contributed by atoms with Gasteiger partial charge in [0.25, 0.3) is 0 Å². The molecule has 1 aliphatic rings. The number of sulfonamides is 1. The zero-order valence-corrected chi connectivity index (χ0v) is 12.6. The minimum atomic E-state index is -3.71. The highest BCUT2D eigenvalue weighted by Gasteiger charge is 2.43. The molecule has 1 aromatic heterocycles. The Kier molecular flexibility index (Phi) is 3.64. The molecule has 112 valence electrons. The van der Waals surface area contributed by atoms with Crippen LogP contribution in [0.25, 0.3) is 0 Å². The summed E-state index contributed by atoms with van der Waals surface area (Å²) in [6, 6.07) is 0. The van der Waals surface area contributed by atoms with Gasteiger partial charge in [-0.1, -0.05) is 0 Å². The van der Waals surface area contributed by atoms with Crippen molar-refractivity contribution >= 4 is 16.0 Å². The standard InChI is InChI=1S/C12H19N3O4S/c1-8-10(9(2)14-13-8)20(18,19)15-6-4-5-12(3,7-15)11(16)17/h4-7H2,1-3H3,(H,13,14)(H,16,17). The van der Waals surface area contributed by atoms with Crippen molar-refractivity contribution in [1.82, 2.24) is 14.5 Å². The van der Waals surface area contributed by atoms with E-state index in [9.17, 15) is 18.3 Å². The first kappa shape index (κ1) is 15.0. The molecule has 7 nitrogen and oxygen atoms in total. The third-order valence-electron chi connectivity index (χ3n) is 3.84. The van der Waals surface area contributed by atoms with Gasteiger partial charge in [0.1, 0.15) is 4.90 Å². The Labute approximate surface area is 118 Å². The zero-order valence-electron chi connectivity index (χ0n) is 11.8. The molecule has 0 aliphatic carbocycles. The molecule has 1 saturated heterocycles. The summed E-state index contributed by atoms with van der Waals surface area (Å²) in [7, 11) is -3.71. The van der Waals surface area contributed by atoms with Crippen molar-refractivity contribution in [2.24, 2.45) is 5.41 Å². The van der Waals surface area contributed by atoms with Crippen molar-refractivity contribution in [1.29, 1.82) is 0 Å². The van der Waals surface area contributed by atoms with E-state index >= 15 is 0 Å². The maximum atomic E-state index is 12.7. The second kappa shape index (κ2) is 4.85. The fraction of sp³-hybridized carbons (Fsp3) is 0.667. The first-order valence-corrected chi connectivity index (χ1v) is 7.87. The van der Waals surface area contributed by atoms with Crippen LogP contribution in [-0.4, -0.2) is 47.1 Å². The fourth-order valence-electron chi connectivity index (χ4n) is 2.62. The SMILES string of the molecule is Cc1n[nH]c(C)c1S(=O)(=O)N1CCCC(C)(C(=O)O)C1. The van der Waals surface area contributed by atoms with Crippen LogP contribution in [0.3, 0.4) is 0 Å². The van der Waals surface area contributed by atoms with E-state index in [1.165, 1.54) is 4.31 Å². The molecule has 0 bridgehead atoms. The molecule has 0 saturated carbocycles. The second-order valence-electron chi connectivity index (χ2n) is 5.57. The number of hydrogen-bond acceptors (Lipinski definition) is 4. The number of aliphatic carboxylic acids is 1. The van der Waals surface area contributed by atoms with E-state index in [1.807, 2.05) is 0 Å². The van der Waals surface area contributed by atoms with Gasteiger partial charge < -0.3 is 5.11 Å². The van der Waals surface area contributed by atoms with E-state index < -0.39 is 21.4 Å². The summed E-state index contributed by atoms with van der Waals surface area (Å²) in [5, 5.41) is 15.8. The highest BCUT2D eigenvalue weighted by molar-refractivity contribution is 7.89. The summed E-state index contributed by atoms with van der Waals surface area (Å²) in [6.45, 7) is 5.19. The lowest BCUT2D eigenvalue weighted by Crippen LogP contribution is -2.48. The molecular formula is C12H19N3O4S. The van der Waals surface area contributed by atoms with Crippen LogP contribution >= 0.6 is 0 Å². The van der Waals surface area contributed by atoms with Gasteiger partial charge in [-0.25, -0.2) is 8.42 Å². The molecule has 0 spiro atoms. The number of carboxylic acids is 1. The Morgan fingerprint density at radius 2 is 2.10 bits per heavy atom. The minimum absolute atomic E-state index is 0.00523. The molecule has 0 radical (unpaired) electrons. The third-order valence-corrected chi connectivity index (χ3v) is 5.95. The monoisotopic (exact) mass is 301 g/mol. The van der Waals surface area contributed by atoms with Crippen molar-refractivity contribution < 1.29 is 18.3 Å². The van der Waals surface area contributed by atoms with Gasteiger partial charge in [0.05, 0.1) is 16.8 Å². The molecule has 1 aromatic rings. The Morgan fingerprint density at radius 1 is 1.45 bits per heavy atom. The predicted molar refractivity (Wildman–Crippen MR) is 71.8 cm³/mol. The molecule has 2 heterocycles. The number of nitrogens with one attached hydrogen (secondary N) is 1. The van der Waals surface area contributed by atoms with Crippen LogP contribution in [0, 0.1) is 19.3 Å². The fourth-order valence-corrected chi connectivity index (χ4v) is 4.56. The van der Waals surface area contributed by atoms with Gasteiger partial charge in [-0.3, -0.25) is 9.89 Å². The number of nitrogens with zero attached hydrogens (tertiary/aromatic N) is 2. The largest absolute Gasteiger partial charge is 0.481 e. The molecule has 1 unspecified atom stereocenters. The summed E-state index contributed by atoms with van der Waals surface area (Å²) in [4.78, 5) is 11.5. The summed E-state index contributed by atoms with van der Waals surface area (Å²) in [6.07, 6.45) is 1.02. The number of aryl methyl sites for hydroxylation is 2. The van der Waals surface area contributed by atoms with Gasteiger partial charge in [0.2, 0.25) is 10.0 Å². The number of carbonyl (C=O) groups is 1. The van der Waals surface area contributed by atoms with Gasteiger partial charge in [-0.2, -0.15) is 9.40 Å². The van der Waals surface area contributed by atoms with Crippen molar-refractivity contribution in [3.05, 3.63) is 11.4 Å². The molecule has 2 N–H and O–H groups in total. The van der Waals surface area contributed by atoms with E-state index in [1.54, 1.807) is 20.8 Å². The highest BCUT2D eigenvalue weighted by atomic mass is 32.2. The van der Waals surface area contributed by atoms with Crippen LogP contribution in [0.2, 0.25) is 0 Å². The van der Waals surface area contributed by atoms with Gasteiger partial charge in [0, 0.05) is 13.1 Å². The Hall–Kier alpha value is -1.41.